The first-order valence-electron chi connectivity index (χ1n) is 25.3. The summed E-state index contributed by atoms with van der Waals surface area (Å²) in [5.41, 5.74) is 7.20. The molecule has 14 heteroatoms. The monoisotopic (exact) mass is 938 g/mol. The molecule has 6 aromatic rings. The molecule has 2 aliphatic heterocycles. The summed E-state index contributed by atoms with van der Waals surface area (Å²) < 4.78 is 5.74. The van der Waals surface area contributed by atoms with Gasteiger partial charge in [-0.3, -0.25) is 14.5 Å². The Morgan fingerprint density at radius 2 is 1.07 bits per heavy atom. The van der Waals surface area contributed by atoms with Crippen molar-refractivity contribution in [2.75, 3.05) is 0 Å². The summed E-state index contributed by atoms with van der Waals surface area (Å²) in [6.45, 7) is 0. The second kappa shape index (κ2) is 18.3. The number of aromatic nitrogens is 4. The fourth-order valence-electron chi connectivity index (χ4n) is 12.3. The Morgan fingerprint density at radius 3 is 1.59 bits per heavy atom. The quantitative estimate of drug-likeness (QED) is 0.0884. The van der Waals surface area contributed by atoms with Gasteiger partial charge < -0.3 is 34.9 Å². The zero-order valence-electron chi connectivity index (χ0n) is 39.0. The van der Waals surface area contributed by atoms with Crippen molar-refractivity contribution < 1.29 is 29.0 Å². The van der Waals surface area contributed by atoms with E-state index in [2.05, 4.69) is 63.8 Å². The number of hydrogen-bond acceptors (Lipinski definition) is 7. The van der Waals surface area contributed by atoms with Crippen LogP contribution in [0.15, 0.2) is 122 Å². The van der Waals surface area contributed by atoms with Gasteiger partial charge in [-0.1, -0.05) is 122 Å². The number of carbonyl (C=O) groups excluding carboxylic acids is 3. The van der Waals surface area contributed by atoms with E-state index in [1.165, 1.54) is 4.90 Å². The Bertz CT molecular complexity index is 2870. The Labute approximate surface area is 406 Å². The highest BCUT2D eigenvalue weighted by Crippen LogP contribution is 2.55. The number of imidazole rings is 2. The van der Waals surface area contributed by atoms with E-state index in [0.29, 0.717) is 17.4 Å². The largest absolute Gasteiger partial charge is 0.465 e. The molecule has 4 aliphatic carbocycles. The molecule has 70 heavy (non-hydrogen) atoms. The summed E-state index contributed by atoms with van der Waals surface area (Å²) in [7, 11) is 0. The van der Waals surface area contributed by atoms with Crippen molar-refractivity contribution in [2.45, 2.75) is 125 Å². The van der Waals surface area contributed by atoms with Crippen LogP contribution in [-0.4, -0.2) is 88.0 Å². The number of amides is 4. The van der Waals surface area contributed by atoms with Crippen LogP contribution in [0.4, 0.5) is 9.59 Å². The maximum atomic E-state index is 14.8. The lowest BCUT2D eigenvalue weighted by Crippen LogP contribution is -2.49. The molecule has 0 bridgehead atoms. The van der Waals surface area contributed by atoms with E-state index in [9.17, 15) is 24.3 Å². The Hall–Kier alpha value is -7.22. The first kappa shape index (κ1) is 44.0. The average molecular weight is 939 g/mol. The average Bonchev–Trinajstić information content (AvgIpc) is 3.90. The van der Waals surface area contributed by atoms with Crippen molar-refractivity contribution in [2.24, 2.45) is 11.8 Å². The number of likely N-dealkylation sites (tertiary alicyclic amines) is 2. The van der Waals surface area contributed by atoms with Crippen LogP contribution in [0.25, 0.3) is 33.6 Å². The molecule has 12 rings (SSSR count). The number of ether oxygens (including phenoxy) is 1. The summed E-state index contributed by atoms with van der Waals surface area (Å²) in [4.78, 5) is 77.4. The molecule has 4 N–H and O–H groups in total. The molecule has 0 unspecified atom stereocenters. The topological polar surface area (TPSA) is 177 Å². The number of carboxylic acid groups (broad SMARTS) is 1. The SMILES string of the molecule is O=C(N[C@@H](C(=O)N1[C@@H]2C[C@@H]2C[C@H]1c1ncc(-c2ccc(-c3ccc(-c4cnc([C@@H]5C[C@H]6C[C@H]6N5C(=O)[C@@H](c5ccccc5)N(C(=O)O)C5CCCC5)[nH]4)cc3)cc2)[nH]1)c1ccccc1)OC1CCCC1. The summed E-state index contributed by atoms with van der Waals surface area (Å²) in [6.07, 6.45) is 12.7. The number of nitrogens with one attached hydrogen (secondary N) is 3. The minimum atomic E-state index is -1.05. The van der Waals surface area contributed by atoms with Gasteiger partial charge in [0.1, 0.15) is 29.8 Å². The van der Waals surface area contributed by atoms with Gasteiger partial charge in [0.2, 0.25) is 0 Å². The third-order valence-corrected chi connectivity index (χ3v) is 16.0. The number of fused-ring (bicyclic) bond motifs is 2. The Morgan fingerprint density at radius 1 is 0.600 bits per heavy atom. The van der Waals surface area contributed by atoms with Gasteiger partial charge in [-0.05, 0) is 109 Å². The van der Waals surface area contributed by atoms with E-state index in [4.69, 9.17) is 14.7 Å². The predicted octanol–water partition coefficient (Wildman–Crippen LogP) is 10.5. The van der Waals surface area contributed by atoms with Gasteiger partial charge in [0.15, 0.2) is 0 Å². The number of piperidine rings is 2. The highest BCUT2D eigenvalue weighted by Gasteiger charge is 2.58. The zero-order chi connectivity index (χ0) is 47.5. The predicted molar refractivity (Wildman–Crippen MR) is 262 cm³/mol. The molecule has 6 fully saturated rings. The fourth-order valence-corrected chi connectivity index (χ4v) is 12.3. The molecule has 0 spiro atoms. The number of hydrogen-bond donors (Lipinski definition) is 4. The third kappa shape index (κ3) is 8.40. The van der Waals surface area contributed by atoms with Crippen molar-refractivity contribution in [3.63, 3.8) is 0 Å². The standard InChI is InChI=1S/C56H58N8O6/c65-53(49(37-11-3-1-4-12-37)61-55(67)70-42-17-9-10-18-42)63-45-27-39(45)29-47(63)51-57-31-43(59-51)35-23-19-33(20-24-35)34-21-25-36(26-22-34)44-32-58-52(60-44)48-30-40-28-46(40)64(48)54(66)50(38-13-5-2-6-14-38)62(56(68)69)41-15-7-8-16-41/h1-6,11-14,19-26,31-32,39-42,45-50H,7-10,15-18,27-30H2,(H,57,59)(H,58,60)(H,61,67)(H,68,69)/t39-,40-,45-,46-,47+,48+,49-,50-/m1/s1. The van der Waals surface area contributed by atoms with Crippen molar-refractivity contribution in [1.29, 1.82) is 0 Å². The highest BCUT2D eigenvalue weighted by atomic mass is 16.6. The van der Waals surface area contributed by atoms with E-state index < -0.39 is 24.3 Å². The second-order valence-corrected chi connectivity index (χ2v) is 20.4. The van der Waals surface area contributed by atoms with Crippen LogP contribution in [0.1, 0.15) is 124 Å². The molecule has 4 saturated carbocycles. The van der Waals surface area contributed by atoms with E-state index in [1.807, 2.05) is 82.9 Å². The molecule has 2 aromatic heterocycles. The van der Waals surface area contributed by atoms with E-state index in [0.717, 1.165) is 128 Å². The van der Waals surface area contributed by atoms with Gasteiger partial charge in [0.25, 0.3) is 11.8 Å². The van der Waals surface area contributed by atoms with Gasteiger partial charge in [-0.2, -0.15) is 0 Å². The van der Waals surface area contributed by atoms with Gasteiger partial charge >= 0.3 is 12.2 Å². The smallest absolute Gasteiger partial charge is 0.408 e. The van der Waals surface area contributed by atoms with Gasteiger partial charge in [0, 0.05) is 18.1 Å². The molecular formula is C56H58N8O6. The Kier molecular flexibility index (Phi) is 11.5. The first-order valence-corrected chi connectivity index (χ1v) is 25.3. The van der Waals surface area contributed by atoms with Crippen molar-refractivity contribution in [1.82, 2.24) is 40.0 Å². The van der Waals surface area contributed by atoms with Gasteiger partial charge in [-0.25, -0.2) is 19.6 Å². The number of benzene rings is 4. The lowest BCUT2D eigenvalue weighted by atomic mass is 10.00. The van der Waals surface area contributed by atoms with Crippen molar-refractivity contribution >= 4 is 24.0 Å². The normalized spacial score (nSPS) is 24.5. The number of alkyl carbamates (subject to hydrolysis) is 1. The van der Waals surface area contributed by atoms with Crippen LogP contribution in [0.3, 0.4) is 0 Å². The summed E-state index contributed by atoms with van der Waals surface area (Å²) in [6, 6.07) is 33.2. The molecule has 358 valence electrons. The maximum absolute atomic E-state index is 14.8. The molecule has 4 heterocycles. The van der Waals surface area contributed by atoms with Gasteiger partial charge in [-0.15, -0.1) is 0 Å². The number of aromatic amines is 2. The fraction of sp³-hybridized carbons (Fsp3) is 0.393. The lowest BCUT2D eigenvalue weighted by Gasteiger charge is -2.38. The molecule has 4 amide bonds. The number of H-pyrrole nitrogens is 2. The molecule has 8 atom stereocenters. The minimum Gasteiger partial charge on any atom is -0.465 e. The molecule has 4 aromatic carbocycles. The minimum absolute atomic E-state index is 0.0814. The number of nitrogens with zero attached hydrogens (tertiary/aromatic N) is 5. The van der Waals surface area contributed by atoms with Gasteiger partial charge in [0.05, 0.1) is 35.9 Å². The zero-order valence-corrected chi connectivity index (χ0v) is 39.0. The summed E-state index contributed by atoms with van der Waals surface area (Å²) in [5, 5.41) is 13.5. The van der Waals surface area contributed by atoms with Crippen LogP contribution < -0.4 is 5.32 Å². The lowest BCUT2D eigenvalue weighted by molar-refractivity contribution is -0.140. The van der Waals surface area contributed by atoms with Crippen LogP contribution in [0, 0.1) is 11.8 Å². The molecule has 14 nitrogen and oxygen atoms in total. The van der Waals surface area contributed by atoms with Crippen LogP contribution >= 0.6 is 0 Å². The molecular weight excluding hydrogens is 881 g/mol. The molecule has 6 aliphatic rings. The van der Waals surface area contributed by atoms with Crippen molar-refractivity contribution in [3.8, 4) is 33.6 Å². The van der Waals surface area contributed by atoms with Crippen LogP contribution in [0.5, 0.6) is 0 Å². The third-order valence-electron chi connectivity index (χ3n) is 16.0. The molecule has 0 radical (unpaired) electrons. The maximum Gasteiger partial charge on any atom is 0.408 e. The highest BCUT2D eigenvalue weighted by molar-refractivity contribution is 5.89. The van der Waals surface area contributed by atoms with Crippen molar-refractivity contribution in [3.05, 3.63) is 144 Å². The van der Waals surface area contributed by atoms with Crippen LogP contribution in [-0.2, 0) is 14.3 Å². The summed E-state index contributed by atoms with van der Waals surface area (Å²) in [5.74, 6) is 1.93. The van der Waals surface area contributed by atoms with Crippen LogP contribution in [0.2, 0.25) is 0 Å². The van der Waals surface area contributed by atoms with E-state index in [-0.39, 0.29) is 48.1 Å². The number of rotatable bonds is 13. The Balaban J connectivity index is 0.724. The number of carbonyl (C=O) groups is 4. The first-order chi connectivity index (χ1) is 34.3. The second-order valence-electron chi connectivity index (χ2n) is 20.4. The van der Waals surface area contributed by atoms with E-state index in [1.54, 1.807) is 0 Å². The summed E-state index contributed by atoms with van der Waals surface area (Å²) >= 11 is 0. The molecule has 2 saturated heterocycles. The van der Waals surface area contributed by atoms with E-state index >= 15 is 0 Å².